The lowest BCUT2D eigenvalue weighted by atomic mass is 9.92. The Hall–Kier alpha value is -3.33. The van der Waals surface area contributed by atoms with Crippen LogP contribution in [0.1, 0.15) is 51.2 Å². The molecule has 0 spiro atoms. The smallest absolute Gasteiger partial charge is 0.410 e. The molecule has 200 valence electrons. The van der Waals surface area contributed by atoms with E-state index in [-0.39, 0.29) is 31.2 Å². The van der Waals surface area contributed by atoms with Crippen molar-refractivity contribution in [2.75, 3.05) is 31.7 Å². The molecule has 1 fully saturated rings. The summed E-state index contributed by atoms with van der Waals surface area (Å²) in [5.74, 6) is 0.498. The number of likely N-dealkylation sites (tertiary alicyclic amines) is 1. The number of carbonyl (C=O) groups excluding carboxylic acids is 2. The summed E-state index contributed by atoms with van der Waals surface area (Å²) in [5.41, 5.74) is -0.0383. The molecule has 2 amide bonds. The minimum absolute atomic E-state index is 0.000340. The minimum Gasteiger partial charge on any atom is -0.497 e. The highest BCUT2D eigenvalue weighted by atomic mass is 19.1. The van der Waals surface area contributed by atoms with Gasteiger partial charge in [0.2, 0.25) is 5.91 Å². The predicted molar refractivity (Wildman–Crippen MR) is 136 cm³/mol. The van der Waals surface area contributed by atoms with Crippen LogP contribution < -0.4 is 14.4 Å². The van der Waals surface area contributed by atoms with E-state index in [0.717, 1.165) is 5.56 Å². The lowest BCUT2D eigenvalue weighted by molar-refractivity contribution is -0.119. The number of nitrogens with zero attached hydrogens (tertiary/aromatic N) is 2. The van der Waals surface area contributed by atoms with Crippen molar-refractivity contribution in [1.82, 2.24) is 4.90 Å². The fraction of sp³-hybridized carbons (Fsp3) is 0.500. The van der Waals surface area contributed by atoms with E-state index < -0.39 is 23.1 Å². The molecule has 2 aromatic carbocycles. The second kappa shape index (κ2) is 10.6. The van der Waals surface area contributed by atoms with Gasteiger partial charge in [-0.15, -0.1) is 0 Å². The number of hydrogen-bond donors (Lipinski definition) is 1. The summed E-state index contributed by atoms with van der Waals surface area (Å²) in [6.07, 6.45) is 0.850. The Morgan fingerprint density at radius 1 is 1.08 bits per heavy atom. The average Bonchev–Trinajstić information content (AvgIpc) is 2.85. The molecule has 9 heteroatoms. The molecule has 0 bridgehead atoms. The molecule has 2 aliphatic heterocycles. The van der Waals surface area contributed by atoms with Crippen LogP contribution in [0, 0.1) is 5.82 Å². The summed E-state index contributed by atoms with van der Waals surface area (Å²) >= 11 is 0. The van der Waals surface area contributed by atoms with Crippen LogP contribution in [0.15, 0.2) is 36.4 Å². The number of amides is 2. The van der Waals surface area contributed by atoms with Crippen LogP contribution in [0.5, 0.6) is 11.5 Å². The van der Waals surface area contributed by atoms with Crippen molar-refractivity contribution in [2.24, 2.45) is 0 Å². The Morgan fingerprint density at radius 3 is 2.38 bits per heavy atom. The molecule has 0 radical (unpaired) electrons. The van der Waals surface area contributed by atoms with Gasteiger partial charge in [-0.2, -0.15) is 0 Å². The second-order valence-corrected chi connectivity index (χ2v) is 10.7. The van der Waals surface area contributed by atoms with Crippen molar-refractivity contribution in [2.45, 2.75) is 64.2 Å². The van der Waals surface area contributed by atoms with E-state index in [1.165, 1.54) is 11.0 Å². The quantitative estimate of drug-likeness (QED) is 0.613. The molecule has 0 atom stereocenters. The first-order valence-corrected chi connectivity index (χ1v) is 12.6. The summed E-state index contributed by atoms with van der Waals surface area (Å²) in [6.45, 7) is 6.36. The SMILES string of the molecule is COc1ccc(CN2C(=O)CCc3c(OCC4(O)CCN(C(=O)OC(C)(C)C)CC4)ccc(F)c32)cc1. The first kappa shape index (κ1) is 26.7. The van der Waals surface area contributed by atoms with Gasteiger partial charge in [-0.05, 0) is 69.9 Å². The standard InChI is InChI=1S/C28H35FN2O6/c1-27(2,3)37-26(33)30-15-13-28(34,14-16-30)18-36-23-11-10-22(29)25-21(23)9-12-24(32)31(25)17-19-5-7-20(35-4)8-6-19/h5-8,10-11,34H,9,12-18H2,1-4H3. The van der Waals surface area contributed by atoms with Crippen LogP contribution in [0.4, 0.5) is 14.9 Å². The van der Waals surface area contributed by atoms with Crippen molar-refractivity contribution < 1.29 is 33.3 Å². The fourth-order valence-corrected chi connectivity index (χ4v) is 4.62. The van der Waals surface area contributed by atoms with E-state index >= 15 is 4.39 Å². The topological polar surface area (TPSA) is 88.5 Å². The highest BCUT2D eigenvalue weighted by Crippen LogP contribution is 2.39. The fourth-order valence-electron chi connectivity index (χ4n) is 4.62. The number of carbonyl (C=O) groups is 2. The number of fused-ring (bicyclic) bond motifs is 1. The Labute approximate surface area is 216 Å². The maximum Gasteiger partial charge on any atom is 0.410 e. The minimum atomic E-state index is -1.13. The molecule has 8 nitrogen and oxygen atoms in total. The third-order valence-corrected chi connectivity index (χ3v) is 6.69. The number of hydrogen-bond acceptors (Lipinski definition) is 6. The second-order valence-electron chi connectivity index (χ2n) is 10.7. The lowest BCUT2D eigenvalue weighted by Crippen LogP contribution is -2.50. The molecule has 2 aromatic rings. The number of aliphatic hydroxyl groups is 1. The van der Waals surface area contributed by atoms with Gasteiger partial charge in [-0.3, -0.25) is 4.79 Å². The van der Waals surface area contributed by atoms with Crippen LogP contribution >= 0.6 is 0 Å². The molecule has 0 aromatic heterocycles. The third-order valence-electron chi connectivity index (χ3n) is 6.69. The van der Waals surface area contributed by atoms with Crippen molar-refractivity contribution >= 4 is 17.7 Å². The van der Waals surface area contributed by atoms with E-state index in [0.29, 0.717) is 49.4 Å². The third kappa shape index (κ3) is 6.33. The summed E-state index contributed by atoms with van der Waals surface area (Å²) < 4.78 is 31.7. The highest BCUT2D eigenvalue weighted by Gasteiger charge is 2.37. The highest BCUT2D eigenvalue weighted by molar-refractivity contribution is 5.97. The van der Waals surface area contributed by atoms with E-state index in [2.05, 4.69) is 0 Å². The molecule has 0 saturated carbocycles. The molecular weight excluding hydrogens is 479 g/mol. The summed E-state index contributed by atoms with van der Waals surface area (Å²) in [4.78, 5) is 28.2. The number of methoxy groups -OCH3 is 1. The van der Waals surface area contributed by atoms with Crippen LogP contribution in [-0.4, -0.2) is 60.0 Å². The number of anilines is 1. The molecule has 1 N–H and O–H groups in total. The van der Waals surface area contributed by atoms with Gasteiger partial charge in [0.1, 0.15) is 35.1 Å². The first-order chi connectivity index (χ1) is 17.5. The monoisotopic (exact) mass is 514 g/mol. The number of rotatable bonds is 6. The molecule has 37 heavy (non-hydrogen) atoms. The molecular formula is C28H35FN2O6. The predicted octanol–water partition coefficient (Wildman–Crippen LogP) is 4.45. The van der Waals surface area contributed by atoms with Gasteiger partial charge in [0.25, 0.3) is 0 Å². The number of benzene rings is 2. The van der Waals surface area contributed by atoms with Gasteiger partial charge in [0.05, 0.1) is 19.3 Å². The van der Waals surface area contributed by atoms with E-state index in [9.17, 15) is 14.7 Å². The average molecular weight is 515 g/mol. The molecule has 0 unspecified atom stereocenters. The van der Waals surface area contributed by atoms with Crippen molar-refractivity contribution in [3.8, 4) is 11.5 Å². The zero-order valence-electron chi connectivity index (χ0n) is 21.9. The van der Waals surface area contributed by atoms with Crippen molar-refractivity contribution in [1.29, 1.82) is 0 Å². The van der Waals surface area contributed by atoms with E-state index in [1.54, 1.807) is 30.2 Å². The van der Waals surface area contributed by atoms with E-state index in [4.69, 9.17) is 14.2 Å². The van der Waals surface area contributed by atoms with Crippen molar-refractivity contribution in [3.63, 3.8) is 0 Å². The maximum absolute atomic E-state index is 15.0. The zero-order chi connectivity index (χ0) is 26.8. The first-order valence-electron chi connectivity index (χ1n) is 12.6. The largest absolute Gasteiger partial charge is 0.497 e. The summed E-state index contributed by atoms with van der Waals surface area (Å²) in [5, 5.41) is 11.1. The van der Waals surface area contributed by atoms with Gasteiger partial charge in [0, 0.05) is 25.1 Å². The van der Waals surface area contributed by atoms with Crippen LogP contribution in [0.3, 0.4) is 0 Å². The van der Waals surface area contributed by atoms with Crippen molar-refractivity contribution in [3.05, 3.63) is 53.3 Å². The lowest BCUT2D eigenvalue weighted by Gasteiger charge is -2.38. The molecule has 2 aliphatic rings. The summed E-state index contributed by atoms with van der Waals surface area (Å²) in [6, 6.07) is 10.1. The maximum atomic E-state index is 15.0. The van der Waals surface area contributed by atoms with E-state index in [1.807, 2.05) is 32.9 Å². The molecule has 0 aliphatic carbocycles. The van der Waals surface area contributed by atoms with Crippen LogP contribution in [-0.2, 0) is 22.5 Å². The van der Waals surface area contributed by atoms with Crippen LogP contribution in [0.2, 0.25) is 0 Å². The Kier molecular flexibility index (Phi) is 7.64. The normalized spacial score (nSPS) is 17.3. The Balaban J connectivity index is 1.45. The molecule has 2 heterocycles. The Morgan fingerprint density at radius 2 is 1.76 bits per heavy atom. The molecule has 4 rings (SSSR count). The van der Waals surface area contributed by atoms with Gasteiger partial charge in [-0.25, -0.2) is 9.18 Å². The number of ether oxygens (including phenoxy) is 3. The number of halogens is 1. The Bertz CT molecular complexity index is 1140. The van der Waals surface area contributed by atoms with Gasteiger partial charge >= 0.3 is 6.09 Å². The van der Waals surface area contributed by atoms with Gasteiger partial charge in [0.15, 0.2) is 0 Å². The number of piperidine rings is 1. The van der Waals surface area contributed by atoms with Gasteiger partial charge in [-0.1, -0.05) is 12.1 Å². The molecule has 1 saturated heterocycles. The van der Waals surface area contributed by atoms with Gasteiger partial charge < -0.3 is 29.1 Å². The zero-order valence-corrected chi connectivity index (χ0v) is 21.9. The summed E-state index contributed by atoms with van der Waals surface area (Å²) in [7, 11) is 1.58. The van der Waals surface area contributed by atoms with Crippen LogP contribution in [0.25, 0.3) is 0 Å².